The normalized spacial score (nSPS) is 24.6. The fourth-order valence-electron chi connectivity index (χ4n) is 1.17. The van der Waals surface area contributed by atoms with Gasteiger partial charge in [0.1, 0.15) is 0 Å². The lowest BCUT2D eigenvalue weighted by Gasteiger charge is -2.10. The molecule has 0 unspecified atom stereocenters. The summed E-state index contributed by atoms with van der Waals surface area (Å²) in [6.45, 7) is 0. The molecule has 0 aromatic carbocycles. The summed E-state index contributed by atoms with van der Waals surface area (Å²) in [6, 6.07) is 0. The SMILES string of the molecule is ClC1CSCCSCCCSCCSC1. The Morgan fingerprint density at radius 2 is 1.13 bits per heavy atom. The van der Waals surface area contributed by atoms with Gasteiger partial charge in [-0.25, -0.2) is 0 Å². The van der Waals surface area contributed by atoms with E-state index in [2.05, 4.69) is 23.5 Å². The summed E-state index contributed by atoms with van der Waals surface area (Å²) in [6.07, 6.45) is 1.38. The maximum absolute atomic E-state index is 6.23. The van der Waals surface area contributed by atoms with Crippen LogP contribution >= 0.6 is 58.6 Å². The summed E-state index contributed by atoms with van der Waals surface area (Å²) in [5.74, 6) is 10.1. The Labute approximate surface area is 116 Å². The lowest BCUT2D eigenvalue weighted by molar-refractivity contribution is 1.12. The summed E-state index contributed by atoms with van der Waals surface area (Å²) >= 11 is 14.5. The molecule has 0 nitrogen and oxygen atoms in total. The van der Waals surface area contributed by atoms with E-state index in [-0.39, 0.29) is 0 Å². The van der Waals surface area contributed by atoms with Gasteiger partial charge in [0, 0.05) is 34.5 Å². The zero-order valence-corrected chi connectivity index (χ0v) is 13.0. The number of alkyl halides is 1. The second-order valence-corrected chi connectivity index (χ2v) is 8.69. The van der Waals surface area contributed by atoms with Crippen molar-refractivity contribution in [1.82, 2.24) is 0 Å². The molecule has 0 amide bonds. The zero-order valence-electron chi connectivity index (χ0n) is 8.95. The molecule has 1 saturated heterocycles. The lowest BCUT2D eigenvalue weighted by atomic mass is 10.6. The molecule has 1 heterocycles. The quantitative estimate of drug-likeness (QED) is 0.622. The average molecular weight is 303 g/mol. The van der Waals surface area contributed by atoms with Gasteiger partial charge in [0.25, 0.3) is 0 Å². The molecule has 1 aliphatic heterocycles. The molecule has 0 atom stereocenters. The summed E-state index contributed by atoms with van der Waals surface area (Å²) < 4.78 is 0. The highest BCUT2D eigenvalue weighted by atomic mass is 35.5. The van der Waals surface area contributed by atoms with E-state index >= 15 is 0 Å². The van der Waals surface area contributed by atoms with Gasteiger partial charge < -0.3 is 0 Å². The van der Waals surface area contributed by atoms with Gasteiger partial charge >= 0.3 is 0 Å². The van der Waals surface area contributed by atoms with Crippen molar-refractivity contribution in [1.29, 1.82) is 0 Å². The second kappa shape index (κ2) is 10.8. The topological polar surface area (TPSA) is 0 Å². The van der Waals surface area contributed by atoms with E-state index in [1.54, 1.807) is 0 Å². The largest absolute Gasteiger partial charge is 0.161 e. The summed E-state index contributed by atoms with van der Waals surface area (Å²) in [5, 5.41) is 0.373. The van der Waals surface area contributed by atoms with E-state index in [4.69, 9.17) is 11.6 Å². The molecule has 5 heteroatoms. The van der Waals surface area contributed by atoms with Gasteiger partial charge in [-0.2, -0.15) is 47.0 Å². The predicted octanol–water partition coefficient (Wildman–Crippen LogP) is 3.93. The van der Waals surface area contributed by atoms with E-state index in [9.17, 15) is 0 Å². The maximum Gasteiger partial charge on any atom is 0.0516 e. The van der Waals surface area contributed by atoms with E-state index in [1.807, 2.05) is 23.5 Å². The van der Waals surface area contributed by atoms with Gasteiger partial charge in [0.2, 0.25) is 0 Å². The van der Waals surface area contributed by atoms with Gasteiger partial charge in [-0.1, -0.05) is 0 Å². The van der Waals surface area contributed by atoms with Crippen LogP contribution in [-0.2, 0) is 0 Å². The predicted molar refractivity (Wildman–Crippen MR) is 83.6 cm³/mol. The second-order valence-electron chi connectivity index (χ2n) is 3.33. The molecule has 15 heavy (non-hydrogen) atoms. The highest BCUT2D eigenvalue weighted by molar-refractivity contribution is 8.04. The number of hydrogen-bond donors (Lipinski definition) is 0. The molecule has 0 aliphatic carbocycles. The monoisotopic (exact) mass is 302 g/mol. The minimum absolute atomic E-state index is 0.373. The van der Waals surface area contributed by atoms with E-state index in [1.165, 1.54) is 40.9 Å². The molecule has 1 rings (SSSR count). The van der Waals surface area contributed by atoms with Crippen LogP contribution in [0.15, 0.2) is 0 Å². The minimum atomic E-state index is 0.373. The third kappa shape index (κ3) is 9.40. The first-order chi connectivity index (χ1) is 7.39. The Hall–Kier alpha value is 1.69. The molecule has 0 radical (unpaired) electrons. The average Bonchev–Trinajstić information content (AvgIpc) is 2.24. The molecule has 0 saturated carbocycles. The van der Waals surface area contributed by atoms with Gasteiger partial charge in [0.15, 0.2) is 0 Å². The molecular weight excluding hydrogens is 284 g/mol. The van der Waals surface area contributed by atoms with Crippen LogP contribution in [0.1, 0.15) is 6.42 Å². The van der Waals surface area contributed by atoms with Crippen LogP contribution in [0.2, 0.25) is 0 Å². The summed E-state index contributed by atoms with van der Waals surface area (Å²) in [7, 11) is 0. The molecule has 0 aromatic rings. The molecule has 90 valence electrons. The van der Waals surface area contributed by atoms with Crippen molar-refractivity contribution in [3.63, 3.8) is 0 Å². The van der Waals surface area contributed by atoms with Gasteiger partial charge in [-0.05, 0) is 17.9 Å². The standard InChI is InChI=1S/C10H19ClS4/c11-10-8-14-6-4-12-2-1-3-13-5-7-15-9-10/h10H,1-9H2. The molecule has 0 bridgehead atoms. The van der Waals surface area contributed by atoms with Crippen molar-refractivity contribution in [3.05, 3.63) is 0 Å². The van der Waals surface area contributed by atoms with Crippen molar-refractivity contribution in [2.24, 2.45) is 0 Å². The van der Waals surface area contributed by atoms with Crippen LogP contribution < -0.4 is 0 Å². The Balaban J connectivity index is 2.10. The highest BCUT2D eigenvalue weighted by Gasteiger charge is 2.05. The van der Waals surface area contributed by atoms with Crippen molar-refractivity contribution in [2.45, 2.75) is 11.8 Å². The Bertz CT molecular complexity index is 131. The Morgan fingerprint density at radius 3 is 1.67 bits per heavy atom. The highest BCUT2D eigenvalue weighted by Crippen LogP contribution is 2.18. The first kappa shape index (κ1) is 14.7. The van der Waals surface area contributed by atoms with E-state index in [0.717, 1.165) is 11.5 Å². The van der Waals surface area contributed by atoms with Crippen molar-refractivity contribution >= 4 is 58.6 Å². The molecule has 0 aromatic heterocycles. The van der Waals surface area contributed by atoms with Crippen LogP contribution in [0.3, 0.4) is 0 Å². The first-order valence-electron chi connectivity index (χ1n) is 5.34. The molecule has 0 N–H and O–H groups in total. The summed E-state index contributed by atoms with van der Waals surface area (Å²) in [5.41, 5.74) is 0. The fourth-order valence-corrected chi connectivity index (χ4v) is 6.11. The number of hydrogen-bond acceptors (Lipinski definition) is 4. The van der Waals surface area contributed by atoms with Crippen molar-refractivity contribution in [2.75, 3.05) is 46.0 Å². The minimum Gasteiger partial charge on any atom is -0.161 e. The first-order valence-corrected chi connectivity index (χ1v) is 10.4. The molecule has 0 spiro atoms. The Kier molecular flexibility index (Phi) is 10.6. The van der Waals surface area contributed by atoms with Crippen LogP contribution in [0, 0.1) is 0 Å². The Morgan fingerprint density at radius 1 is 0.667 bits per heavy atom. The lowest BCUT2D eigenvalue weighted by Crippen LogP contribution is -2.08. The number of halogens is 1. The fraction of sp³-hybridized carbons (Fsp3) is 1.00. The third-order valence-corrected chi connectivity index (χ3v) is 7.51. The van der Waals surface area contributed by atoms with Gasteiger partial charge in [-0.15, -0.1) is 11.6 Å². The molecular formula is C10H19ClS4. The number of thioether (sulfide) groups is 4. The van der Waals surface area contributed by atoms with Crippen LogP contribution in [0.5, 0.6) is 0 Å². The summed E-state index contributed by atoms with van der Waals surface area (Å²) in [4.78, 5) is 0. The third-order valence-electron chi connectivity index (χ3n) is 1.92. The van der Waals surface area contributed by atoms with Gasteiger partial charge in [0.05, 0.1) is 5.38 Å². The molecule has 1 fully saturated rings. The van der Waals surface area contributed by atoms with Crippen LogP contribution in [-0.4, -0.2) is 51.4 Å². The maximum atomic E-state index is 6.23. The van der Waals surface area contributed by atoms with Crippen LogP contribution in [0.25, 0.3) is 0 Å². The van der Waals surface area contributed by atoms with Crippen molar-refractivity contribution in [3.8, 4) is 0 Å². The smallest absolute Gasteiger partial charge is 0.0516 e. The number of rotatable bonds is 0. The van der Waals surface area contributed by atoms with Crippen LogP contribution in [0.4, 0.5) is 0 Å². The van der Waals surface area contributed by atoms with Gasteiger partial charge in [-0.3, -0.25) is 0 Å². The molecule has 1 aliphatic rings. The zero-order chi connectivity index (χ0) is 10.8. The van der Waals surface area contributed by atoms with E-state index in [0.29, 0.717) is 5.38 Å². The van der Waals surface area contributed by atoms with Crippen molar-refractivity contribution < 1.29 is 0 Å². The van der Waals surface area contributed by atoms with E-state index < -0.39 is 0 Å².